The molecule has 0 spiro atoms. The maximum absolute atomic E-state index is 0. The Morgan fingerprint density at radius 3 is 0.714 bits per heavy atom. The van der Waals surface area contributed by atoms with Gasteiger partial charge in [0.1, 0.15) is 0 Å². The van der Waals surface area contributed by atoms with Crippen LogP contribution in [0, 0.1) is 0 Å². The zero-order chi connectivity index (χ0) is 0. The third-order valence-corrected chi connectivity index (χ3v) is 0. The first-order chi connectivity index (χ1) is 0. The van der Waals surface area contributed by atoms with Gasteiger partial charge in [-0.25, -0.2) is 0 Å². The fourth-order valence-corrected chi connectivity index (χ4v) is 0. The van der Waals surface area contributed by atoms with Crippen molar-refractivity contribution < 1.29 is 81.0 Å². The van der Waals surface area contributed by atoms with Crippen LogP contribution >= 0.6 is 0 Å². The van der Waals surface area contributed by atoms with Crippen LogP contribution < -0.4 is 18.9 Å². The summed E-state index contributed by atoms with van der Waals surface area (Å²) in [4.78, 5) is 0. The quantitative estimate of drug-likeness (QED) is 0.332. The Morgan fingerprint density at radius 2 is 0.714 bits per heavy atom. The summed E-state index contributed by atoms with van der Waals surface area (Å²) >= 11 is 0. The standard InChI is InChI=1S/Fe.Li.4H2O.Ti.H/h;;4*1H2;;/q;+1;;;;;;-1. The number of hydrogen-bond donors (Lipinski definition) is 0. The molecule has 0 saturated heterocycles. The molecule has 0 aromatic heterocycles. The predicted molar refractivity (Wildman–Crippen MR) is 15.6 cm³/mol. The molecule has 46 valence electrons. The molecule has 0 atom stereocenters. The van der Waals surface area contributed by atoms with Gasteiger partial charge >= 0.3 is 18.9 Å². The molecule has 0 aromatic carbocycles. The topological polar surface area (TPSA) is 126 Å². The Labute approximate surface area is 80.7 Å². The molecular weight excluding hydrogens is 175 g/mol. The van der Waals surface area contributed by atoms with Gasteiger partial charge in [-0.15, -0.1) is 0 Å². The van der Waals surface area contributed by atoms with Crippen LogP contribution in [-0.2, 0) is 38.8 Å². The summed E-state index contributed by atoms with van der Waals surface area (Å²) in [6.45, 7) is 0. The van der Waals surface area contributed by atoms with Crippen LogP contribution in [0.4, 0.5) is 0 Å². The first kappa shape index (κ1) is 183. The van der Waals surface area contributed by atoms with Crippen LogP contribution in [0.3, 0.4) is 0 Å². The molecule has 7 heavy (non-hydrogen) atoms. The van der Waals surface area contributed by atoms with E-state index in [-0.39, 0.29) is 81.0 Å². The summed E-state index contributed by atoms with van der Waals surface area (Å²) < 4.78 is 0. The maximum atomic E-state index is 0. The van der Waals surface area contributed by atoms with E-state index in [0.717, 1.165) is 0 Å². The molecule has 4 nitrogen and oxygen atoms in total. The van der Waals surface area contributed by atoms with Crippen molar-refractivity contribution in [2.24, 2.45) is 0 Å². The monoisotopic (exact) mass is 184 g/mol. The van der Waals surface area contributed by atoms with E-state index in [1.807, 2.05) is 0 Å². The number of hydrogen-bond acceptors (Lipinski definition) is 0. The molecule has 0 fully saturated rings. The summed E-state index contributed by atoms with van der Waals surface area (Å²) in [6, 6.07) is 0. The van der Waals surface area contributed by atoms with Gasteiger partial charge in [0, 0.05) is 38.8 Å². The Kier molecular flexibility index (Phi) is 3190. The zero-order valence-electron chi connectivity index (χ0n) is 4.85. The second-order valence-electron chi connectivity index (χ2n) is 0. The Bertz CT molecular complexity index is 16.0. The van der Waals surface area contributed by atoms with Crippen LogP contribution in [0.2, 0.25) is 0 Å². The van der Waals surface area contributed by atoms with Crippen LogP contribution in [0.15, 0.2) is 0 Å². The van der Waals surface area contributed by atoms with E-state index in [1.165, 1.54) is 0 Å². The van der Waals surface area contributed by atoms with Crippen molar-refractivity contribution in [3.63, 3.8) is 0 Å². The molecule has 0 aliphatic rings. The van der Waals surface area contributed by atoms with Crippen LogP contribution in [0.1, 0.15) is 1.43 Å². The normalized spacial score (nSPS) is 0. The Morgan fingerprint density at radius 1 is 0.714 bits per heavy atom. The molecule has 8 N–H and O–H groups in total. The molecule has 0 radical (unpaired) electrons. The molecule has 0 amide bonds. The van der Waals surface area contributed by atoms with E-state index >= 15 is 0 Å². The molecule has 7 heteroatoms. The smallest absolute Gasteiger partial charge is 1.00 e. The minimum absolute atomic E-state index is 0. The Hall–Kier alpha value is 1.67. The summed E-state index contributed by atoms with van der Waals surface area (Å²) in [7, 11) is 0. The second kappa shape index (κ2) is 122. The van der Waals surface area contributed by atoms with Crippen LogP contribution in [0.25, 0.3) is 0 Å². The average Bonchev–Trinajstić information content (AvgIpc) is 0. The van der Waals surface area contributed by atoms with Gasteiger partial charge < -0.3 is 23.3 Å². The van der Waals surface area contributed by atoms with E-state index in [0.29, 0.717) is 0 Å². The van der Waals surface area contributed by atoms with Gasteiger partial charge in [0.2, 0.25) is 0 Å². The molecule has 0 unspecified atom stereocenters. The minimum atomic E-state index is 0. The fourth-order valence-electron chi connectivity index (χ4n) is 0. The molecule has 0 saturated carbocycles. The third kappa shape index (κ3) is 88.3. The van der Waals surface area contributed by atoms with E-state index in [1.54, 1.807) is 0 Å². The van der Waals surface area contributed by atoms with E-state index in [9.17, 15) is 0 Å². The van der Waals surface area contributed by atoms with Crippen molar-refractivity contribution in [1.82, 2.24) is 0 Å². The first-order valence-electron chi connectivity index (χ1n) is 0. The first-order valence-corrected chi connectivity index (χ1v) is 0. The molecule has 0 rings (SSSR count). The van der Waals surface area contributed by atoms with Gasteiger partial charge in [-0.2, -0.15) is 0 Å². The zero-order valence-corrected chi connectivity index (χ0v) is 6.52. The van der Waals surface area contributed by atoms with E-state index < -0.39 is 0 Å². The SMILES string of the molecule is O.O.O.O.[Fe].[H-].[Li+].[Ti]. The largest absolute Gasteiger partial charge is 1.00 e. The van der Waals surface area contributed by atoms with Gasteiger partial charge in [-0.05, 0) is 0 Å². The van der Waals surface area contributed by atoms with Crippen molar-refractivity contribution in [2.45, 2.75) is 0 Å². The molecule has 0 aliphatic heterocycles. The molecule has 0 heterocycles. The summed E-state index contributed by atoms with van der Waals surface area (Å²) in [5, 5.41) is 0. The van der Waals surface area contributed by atoms with Gasteiger partial charge in [-0.3, -0.25) is 0 Å². The van der Waals surface area contributed by atoms with E-state index in [2.05, 4.69) is 0 Å². The van der Waals surface area contributed by atoms with Crippen molar-refractivity contribution >= 4 is 0 Å². The van der Waals surface area contributed by atoms with E-state index in [4.69, 9.17) is 0 Å². The van der Waals surface area contributed by atoms with Gasteiger partial charge in [-0.1, -0.05) is 0 Å². The van der Waals surface area contributed by atoms with Gasteiger partial charge in [0.15, 0.2) is 0 Å². The van der Waals surface area contributed by atoms with Gasteiger partial charge in [0.25, 0.3) is 0 Å². The summed E-state index contributed by atoms with van der Waals surface area (Å²) in [5.74, 6) is 0. The van der Waals surface area contributed by atoms with Crippen molar-refractivity contribution in [1.29, 1.82) is 0 Å². The second-order valence-corrected chi connectivity index (χ2v) is 0. The number of rotatable bonds is 0. The third-order valence-electron chi connectivity index (χ3n) is 0. The van der Waals surface area contributed by atoms with Crippen molar-refractivity contribution in [3.8, 4) is 0 Å². The minimum Gasteiger partial charge on any atom is -1.00 e. The summed E-state index contributed by atoms with van der Waals surface area (Å²) in [5.41, 5.74) is 0. The molecule has 0 aliphatic carbocycles. The summed E-state index contributed by atoms with van der Waals surface area (Å²) in [6.07, 6.45) is 0. The van der Waals surface area contributed by atoms with Crippen LogP contribution in [-0.4, -0.2) is 21.9 Å². The van der Waals surface area contributed by atoms with Crippen molar-refractivity contribution in [2.75, 3.05) is 0 Å². The predicted octanol–water partition coefficient (Wildman–Crippen LogP) is -6.19. The maximum Gasteiger partial charge on any atom is 1.00 e. The molecule has 0 aromatic rings. The average molecular weight is 184 g/mol. The molecular formula is H9FeLiO4Ti. The Balaban J connectivity index is 0. The molecule has 0 bridgehead atoms. The van der Waals surface area contributed by atoms with Gasteiger partial charge in [0.05, 0.1) is 0 Å². The van der Waals surface area contributed by atoms with Crippen molar-refractivity contribution in [3.05, 3.63) is 0 Å². The fraction of sp³-hybridized carbons (Fsp3) is 0. The van der Waals surface area contributed by atoms with Crippen LogP contribution in [0.5, 0.6) is 0 Å².